The van der Waals surface area contributed by atoms with Crippen LogP contribution in [0, 0.1) is 0 Å². The van der Waals surface area contributed by atoms with Gasteiger partial charge in [-0.15, -0.1) is 0 Å². The van der Waals surface area contributed by atoms with Gasteiger partial charge < -0.3 is 9.88 Å². The normalized spacial score (nSPS) is 17.6. The van der Waals surface area contributed by atoms with Gasteiger partial charge >= 0.3 is 0 Å². The van der Waals surface area contributed by atoms with E-state index in [1.54, 1.807) is 0 Å². The summed E-state index contributed by atoms with van der Waals surface area (Å²) in [5, 5.41) is 4.73. The van der Waals surface area contributed by atoms with Crippen molar-refractivity contribution < 1.29 is 0 Å². The molecule has 0 saturated heterocycles. The van der Waals surface area contributed by atoms with Crippen molar-refractivity contribution in [3.63, 3.8) is 0 Å². The highest BCUT2D eigenvalue weighted by molar-refractivity contribution is 9.10. The fraction of sp³-hybridized carbons (Fsp3) is 0.429. The average molecular weight is 293 g/mol. The van der Waals surface area contributed by atoms with E-state index in [2.05, 4.69) is 57.3 Å². The van der Waals surface area contributed by atoms with E-state index in [9.17, 15) is 0 Å². The molecule has 3 heteroatoms. The Hall–Kier alpha value is -0.800. The molecule has 1 aromatic carbocycles. The highest BCUT2D eigenvalue weighted by Gasteiger charge is 2.45. The van der Waals surface area contributed by atoms with Gasteiger partial charge in [-0.25, -0.2) is 0 Å². The number of fused-ring (bicyclic) bond motifs is 1. The molecule has 1 aliphatic carbocycles. The molecule has 1 aliphatic rings. The molecule has 0 aliphatic heterocycles. The van der Waals surface area contributed by atoms with Crippen LogP contribution in [0.1, 0.15) is 18.4 Å². The van der Waals surface area contributed by atoms with Gasteiger partial charge in [0, 0.05) is 40.6 Å². The first-order valence-corrected chi connectivity index (χ1v) is 6.85. The van der Waals surface area contributed by atoms with Crippen molar-refractivity contribution in [1.29, 1.82) is 0 Å². The Morgan fingerprint density at radius 1 is 1.41 bits per heavy atom. The maximum atomic E-state index is 3.58. The molecule has 17 heavy (non-hydrogen) atoms. The first kappa shape index (κ1) is 11.3. The van der Waals surface area contributed by atoms with E-state index in [1.807, 2.05) is 7.05 Å². The Morgan fingerprint density at radius 3 is 2.82 bits per heavy atom. The molecule has 0 bridgehead atoms. The maximum absolute atomic E-state index is 3.58. The number of halogens is 1. The van der Waals surface area contributed by atoms with Crippen molar-refractivity contribution in [2.45, 2.75) is 18.3 Å². The summed E-state index contributed by atoms with van der Waals surface area (Å²) in [6, 6.07) is 6.56. The molecule has 1 aromatic heterocycles. The van der Waals surface area contributed by atoms with E-state index < -0.39 is 0 Å². The minimum absolute atomic E-state index is 0.384. The van der Waals surface area contributed by atoms with Gasteiger partial charge in [0.25, 0.3) is 0 Å². The predicted octanol–water partition coefficient (Wildman–Crippen LogP) is 3.19. The fourth-order valence-corrected chi connectivity index (χ4v) is 3.18. The van der Waals surface area contributed by atoms with Crippen LogP contribution in [0.2, 0.25) is 0 Å². The molecule has 0 radical (unpaired) electrons. The second-order valence-corrected chi connectivity index (χ2v) is 6.04. The largest absolute Gasteiger partial charge is 0.350 e. The molecular weight excluding hydrogens is 276 g/mol. The molecule has 2 aromatic rings. The number of aromatic nitrogens is 1. The molecule has 0 spiro atoms. The average Bonchev–Trinajstić information content (AvgIpc) is 2.99. The first-order valence-electron chi connectivity index (χ1n) is 6.06. The van der Waals surface area contributed by atoms with Gasteiger partial charge in [-0.1, -0.05) is 15.9 Å². The minimum Gasteiger partial charge on any atom is -0.350 e. The zero-order valence-electron chi connectivity index (χ0n) is 10.3. The third-order valence-corrected chi connectivity index (χ3v) is 4.38. The lowest BCUT2D eigenvalue weighted by atomic mass is 9.95. The van der Waals surface area contributed by atoms with E-state index in [-0.39, 0.29) is 0 Å². The number of benzene rings is 1. The van der Waals surface area contributed by atoms with Crippen molar-refractivity contribution in [3.8, 4) is 0 Å². The van der Waals surface area contributed by atoms with E-state index >= 15 is 0 Å². The Kier molecular flexibility index (Phi) is 2.56. The SMILES string of the molecule is CNCC1(c2cn(C)c3ccc(Br)cc23)CC1. The molecule has 90 valence electrons. The Balaban J connectivity index is 2.20. The number of hydrogen-bond acceptors (Lipinski definition) is 1. The van der Waals surface area contributed by atoms with Crippen molar-refractivity contribution in [3.05, 3.63) is 34.4 Å². The minimum atomic E-state index is 0.384. The fourth-order valence-electron chi connectivity index (χ4n) is 2.82. The van der Waals surface area contributed by atoms with Crippen LogP contribution in [0.4, 0.5) is 0 Å². The highest BCUT2D eigenvalue weighted by Crippen LogP contribution is 2.50. The molecule has 3 rings (SSSR count). The summed E-state index contributed by atoms with van der Waals surface area (Å²) in [5.74, 6) is 0. The maximum Gasteiger partial charge on any atom is 0.0481 e. The lowest BCUT2D eigenvalue weighted by Gasteiger charge is -2.13. The number of nitrogens with zero attached hydrogens (tertiary/aromatic N) is 1. The standard InChI is InChI=1S/C14H17BrN2/c1-16-9-14(5-6-14)12-8-17(2)13-4-3-10(15)7-11(12)13/h3-4,7-8,16H,5-6,9H2,1-2H3. The van der Waals surface area contributed by atoms with Gasteiger partial charge in [0.2, 0.25) is 0 Å². The second-order valence-electron chi connectivity index (χ2n) is 5.13. The van der Waals surface area contributed by atoms with Crippen molar-refractivity contribution in [2.24, 2.45) is 7.05 Å². The molecular formula is C14H17BrN2. The third kappa shape index (κ3) is 1.72. The molecule has 0 amide bonds. The zero-order chi connectivity index (χ0) is 12.0. The summed E-state index contributed by atoms with van der Waals surface area (Å²) in [4.78, 5) is 0. The summed E-state index contributed by atoms with van der Waals surface area (Å²) in [6.45, 7) is 1.08. The topological polar surface area (TPSA) is 17.0 Å². The van der Waals surface area contributed by atoms with Crippen LogP contribution >= 0.6 is 15.9 Å². The smallest absolute Gasteiger partial charge is 0.0481 e. The number of aryl methyl sites for hydroxylation is 1. The Morgan fingerprint density at radius 2 is 2.18 bits per heavy atom. The van der Waals surface area contributed by atoms with Crippen LogP contribution < -0.4 is 5.32 Å². The summed E-state index contributed by atoms with van der Waals surface area (Å²) in [7, 11) is 4.18. The number of likely N-dealkylation sites (N-methyl/N-ethyl adjacent to an activating group) is 1. The van der Waals surface area contributed by atoms with Gasteiger partial charge in [0.1, 0.15) is 0 Å². The van der Waals surface area contributed by atoms with E-state index in [0.717, 1.165) is 11.0 Å². The molecule has 2 nitrogen and oxygen atoms in total. The quantitative estimate of drug-likeness (QED) is 0.919. The number of hydrogen-bond donors (Lipinski definition) is 1. The third-order valence-electron chi connectivity index (χ3n) is 3.89. The molecule has 0 unspecified atom stereocenters. The lowest BCUT2D eigenvalue weighted by Crippen LogP contribution is -2.23. The van der Waals surface area contributed by atoms with Gasteiger partial charge in [-0.05, 0) is 43.7 Å². The molecule has 1 N–H and O–H groups in total. The monoisotopic (exact) mass is 292 g/mol. The van der Waals surface area contributed by atoms with E-state index in [4.69, 9.17) is 0 Å². The van der Waals surface area contributed by atoms with Crippen LogP contribution in [0.25, 0.3) is 10.9 Å². The van der Waals surface area contributed by atoms with Gasteiger partial charge in [-0.2, -0.15) is 0 Å². The lowest BCUT2D eigenvalue weighted by molar-refractivity contribution is 0.626. The van der Waals surface area contributed by atoms with Crippen LogP contribution in [-0.4, -0.2) is 18.2 Å². The Labute approximate surface area is 110 Å². The van der Waals surface area contributed by atoms with Gasteiger partial charge in [0.15, 0.2) is 0 Å². The van der Waals surface area contributed by atoms with Gasteiger partial charge in [0.05, 0.1) is 0 Å². The second kappa shape index (κ2) is 3.85. The van der Waals surface area contributed by atoms with Crippen molar-refractivity contribution in [1.82, 2.24) is 9.88 Å². The van der Waals surface area contributed by atoms with Crippen LogP contribution in [-0.2, 0) is 12.5 Å². The van der Waals surface area contributed by atoms with Crippen molar-refractivity contribution in [2.75, 3.05) is 13.6 Å². The van der Waals surface area contributed by atoms with Crippen molar-refractivity contribution >= 4 is 26.8 Å². The molecule has 0 atom stereocenters. The molecule has 1 heterocycles. The summed E-state index contributed by atoms with van der Waals surface area (Å²) in [6.07, 6.45) is 4.92. The summed E-state index contributed by atoms with van der Waals surface area (Å²) < 4.78 is 3.41. The van der Waals surface area contributed by atoms with E-state index in [1.165, 1.54) is 29.3 Å². The molecule has 1 saturated carbocycles. The zero-order valence-corrected chi connectivity index (χ0v) is 11.8. The van der Waals surface area contributed by atoms with Crippen LogP contribution in [0.5, 0.6) is 0 Å². The number of nitrogens with one attached hydrogen (secondary N) is 1. The van der Waals surface area contributed by atoms with Crippen LogP contribution in [0.3, 0.4) is 0 Å². The summed E-state index contributed by atoms with van der Waals surface area (Å²) in [5.41, 5.74) is 3.21. The predicted molar refractivity (Wildman–Crippen MR) is 75.5 cm³/mol. The summed E-state index contributed by atoms with van der Waals surface area (Å²) >= 11 is 3.58. The van der Waals surface area contributed by atoms with E-state index in [0.29, 0.717) is 5.41 Å². The number of rotatable bonds is 3. The Bertz CT molecular complexity index is 567. The highest BCUT2D eigenvalue weighted by atomic mass is 79.9. The van der Waals surface area contributed by atoms with Gasteiger partial charge in [-0.3, -0.25) is 0 Å². The van der Waals surface area contributed by atoms with Crippen LogP contribution in [0.15, 0.2) is 28.9 Å². The molecule has 1 fully saturated rings. The first-order chi connectivity index (χ1) is 8.16.